The van der Waals surface area contributed by atoms with Gasteiger partial charge < -0.3 is 9.47 Å². The molecule has 11 heteroatoms. The molecule has 0 aliphatic carbocycles. The second-order valence-electron chi connectivity index (χ2n) is 4.12. The van der Waals surface area contributed by atoms with E-state index in [4.69, 9.17) is 39.5 Å². The number of carbonyl (C=O) groups excluding carboxylic acids is 2. The fraction of sp³-hybridized carbons (Fsp3) is 0.231. The van der Waals surface area contributed by atoms with E-state index in [1.165, 1.54) is 12.1 Å². The van der Waals surface area contributed by atoms with Crippen LogP contribution in [-0.2, 0) is 14.3 Å². The highest BCUT2D eigenvalue weighted by molar-refractivity contribution is 6.40. The third kappa shape index (κ3) is 6.18. The highest BCUT2D eigenvalue weighted by Gasteiger charge is 2.42. The van der Waals surface area contributed by atoms with Gasteiger partial charge in [0.2, 0.25) is 0 Å². The molecule has 0 aliphatic heterocycles. The molecule has 0 aromatic heterocycles. The van der Waals surface area contributed by atoms with Crippen LogP contribution >= 0.6 is 34.8 Å². The van der Waals surface area contributed by atoms with Gasteiger partial charge in [0.25, 0.3) is 0 Å². The summed E-state index contributed by atoms with van der Waals surface area (Å²) in [4.78, 5) is 22.6. The quantitative estimate of drug-likeness (QED) is 0.299. The second kappa shape index (κ2) is 8.55. The first-order chi connectivity index (χ1) is 11.0. The molecular weight excluding hydrogens is 402 g/mol. The van der Waals surface area contributed by atoms with Gasteiger partial charge in [0.1, 0.15) is 0 Å². The summed E-state index contributed by atoms with van der Waals surface area (Å²) in [6.07, 6.45) is -3.06. The lowest BCUT2D eigenvalue weighted by Crippen LogP contribution is -2.33. The molecule has 1 aromatic rings. The first-order valence-corrected chi connectivity index (χ1v) is 7.03. The molecule has 24 heavy (non-hydrogen) atoms. The molecule has 0 heterocycles. The fourth-order valence-corrected chi connectivity index (χ4v) is 2.07. The molecule has 0 aliphatic rings. The number of carbonyl (C=O) groups is 2. The lowest BCUT2D eigenvalue weighted by Gasteiger charge is -2.14. The van der Waals surface area contributed by atoms with Crippen LogP contribution in [0.5, 0.6) is 5.75 Å². The van der Waals surface area contributed by atoms with E-state index in [1.54, 1.807) is 0 Å². The Kier molecular flexibility index (Phi) is 7.31. The van der Waals surface area contributed by atoms with Crippen molar-refractivity contribution in [1.29, 1.82) is 0 Å². The van der Waals surface area contributed by atoms with Gasteiger partial charge >= 0.3 is 24.3 Å². The largest absolute Gasteiger partial charge is 0.456 e. The highest BCUT2D eigenvalue weighted by atomic mass is 35.5. The van der Waals surface area contributed by atoms with E-state index in [0.29, 0.717) is 12.2 Å². The van der Waals surface area contributed by atoms with Crippen LogP contribution in [0, 0.1) is 0 Å². The zero-order chi connectivity index (χ0) is 18.5. The molecule has 0 saturated carbocycles. The van der Waals surface area contributed by atoms with Crippen LogP contribution in [0.2, 0.25) is 15.1 Å². The number of hydrogen-bond donors (Lipinski definition) is 0. The van der Waals surface area contributed by atoms with E-state index < -0.39 is 30.9 Å². The number of hydrogen-bond acceptors (Lipinski definition) is 4. The average molecular weight is 410 g/mol. The fourth-order valence-electron chi connectivity index (χ4n) is 1.18. The SMILES string of the molecule is O=C(/C=C/C(=O)Oc1c(Cl)cc(Cl)cc1Cl)OCC(F)(F)C(F)F. The Morgan fingerprint density at radius 1 is 1.08 bits per heavy atom. The van der Waals surface area contributed by atoms with Gasteiger partial charge in [-0.3, -0.25) is 0 Å². The predicted molar refractivity (Wildman–Crippen MR) is 78.2 cm³/mol. The van der Waals surface area contributed by atoms with Crippen molar-refractivity contribution >= 4 is 46.7 Å². The molecule has 1 aromatic carbocycles. The molecule has 0 radical (unpaired) electrons. The van der Waals surface area contributed by atoms with Crippen LogP contribution < -0.4 is 4.74 Å². The molecule has 0 atom stereocenters. The van der Waals surface area contributed by atoms with Crippen molar-refractivity contribution in [3.05, 3.63) is 39.4 Å². The maximum absolute atomic E-state index is 12.5. The van der Waals surface area contributed by atoms with Crippen molar-refractivity contribution < 1.29 is 36.6 Å². The summed E-state index contributed by atoms with van der Waals surface area (Å²) in [7, 11) is 0. The molecular formula is C13H7Cl3F4O4. The Morgan fingerprint density at radius 3 is 2.08 bits per heavy atom. The van der Waals surface area contributed by atoms with Crippen molar-refractivity contribution in [3.63, 3.8) is 0 Å². The summed E-state index contributed by atoms with van der Waals surface area (Å²) >= 11 is 17.2. The standard InChI is InChI=1S/C13H7Cl3F4O4/c14-6-3-7(15)11(8(16)4-6)24-10(22)2-1-9(21)23-5-13(19,20)12(17)18/h1-4,12H,5H2/b2-1+. The summed E-state index contributed by atoms with van der Waals surface area (Å²) in [6, 6.07) is 2.48. The molecule has 0 bridgehead atoms. The van der Waals surface area contributed by atoms with Crippen LogP contribution in [0.4, 0.5) is 17.6 Å². The maximum atomic E-state index is 12.5. The Morgan fingerprint density at radius 2 is 1.58 bits per heavy atom. The van der Waals surface area contributed by atoms with Crippen molar-refractivity contribution in [2.24, 2.45) is 0 Å². The second-order valence-corrected chi connectivity index (χ2v) is 5.37. The van der Waals surface area contributed by atoms with E-state index in [2.05, 4.69) is 4.74 Å². The van der Waals surface area contributed by atoms with Gasteiger partial charge in [0.15, 0.2) is 12.4 Å². The molecule has 1 rings (SSSR count). The lowest BCUT2D eigenvalue weighted by molar-refractivity contribution is -0.176. The topological polar surface area (TPSA) is 52.6 Å². The van der Waals surface area contributed by atoms with Crippen LogP contribution in [0.15, 0.2) is 24.3 Å². The number of alkyl halides is 4. The molecule has 132 valence electrons. The molecule has 0 spiro atoms. The van der Waals surface area contributed by atoms with Crippen LogP contribution in [0.25, 0.3) is 0 Å². The molecule has 0 fully saturated rings. The van der Waals surface area contributed by atoms with E-state index in [9.17, 15) is 27.2 Å². The Balaban J connectivity index is 2.62. The Hall–Kier alpha value is -1.51. The number of esters is 2. The number of ether oxygens (including phenoxy) is 2. The number of rotatable bonds is 6. The minimum Gasteiger partial charge on any atom is -0.456 e. The smallest absolute Gasteiger partial charge is 0.340 e. The van der Waals surface area contributed by atoms with Gasteiger partial charge in [-0.15, -0.1) is 0 Å². The molecule has 0 N–H and O–H groups in total. The van der Waals surface area contributed by atoms with E-state index in [-0.39, 0.29) is 20.8 Å². The minimum atomic E-state index is -4.49. The molecule has 4 nitrogen and oxygen atoms in total. The first kappa shape index (κ1) is 20.5. The summed E-state index contributed by atoms with van der Waals surface area (Å²) in [5, 5.41) is 0.00526. The van der Waals surface area contributed by atoms with Crippen LogP contribution in [0.1, 0.15) is 0 Å². The predicted octanol–water partition coefficient (Wildman–Crippen LogP) is 4.55. The monoisotopic (exact) mass is 408 g/mol. The van der Waals surface area contributed by atoms with Crippen LogP contribution in [-0.4, -0.2) is 30.9 Å². The van der Waals surface area contributed by atoms with Crippen molar-refractivity contribution in [3.8, 4) is 5.75 Å². The minimum absolute atomic E-state index is 0.0894. The van der Waals surface area contributed by atoms with Crippen molar-refractivity contribution in [2.75, 3.05) is 6.61 Å². The van der Waals surface area contributed by atoms with E-state index in [1.807, 2.05) is 0 Å². The summed E-state index contributed by atoms with van der Waals surface area (Å²) in [5.74, 6) is -7.32. The number of benzene rings is 1. The summed E-state index contributed by atoms with van der Waals surface area (Å²) in [5.41, 5.74) is 0. The van der Waals surface area contributed by atoms with Gasteiger partial charge in [0.05, 0.1) is 10.0 Å². The normalized spacial score (nSPS) is 11.8. The summed E-state index contributed by atoms with van der Waals surface area (Å²) < 4.78 is 57.4. The molecule has 0 saturated heterocycles. The van der Waals surface area contributed by atoms with Gasteiger partial charge in [-0.25, -0.2) is 18.4 Å². The van der Waals surface area contributed by atoms with Crippen molar-refractivity contribution in [2.45, 2.75) is 12.3 Å². The third-order valence-electron chi connectivity index (χ3n) is 2.25. The number of halogens is 7. The zero-order valence-electron chi connectivity index (χ0n) is 11.4. The molecule has 0 unspecified atom stereocenters. The Bertz CT molecular complexity index is 642. The average Bonchev–Trinajstić information content (AvgIpc) is 2.46. The third-order valence-corrected chi connectivity index (χ3v) is 3.03. The Labute approximate surface area is 147 Å². The first-order valence-electron chi connectivity index (χ1n) is 5.90. The van der Waals surface area contributed by atoms with Gasteiger partial charge in [-0.1, -0.05) is 34.8 Å². The summed E-state index contributed by atoms with van der Waals surface area (Å²) in [6.45, 7) is -1.84. The van der Waals surface area contributed by atoms with Gasteiger partial charge in [-0.05, 0) is 12.1 Å². The van der Waals surface area contributed by atoms with Crippen molar-refractivity contribution in [1.82, 2.24) is 0 Å². The van der Waals surface area contributed by atoms with Gasteiger partial charge in [0, 0.05) is 17.2 Å². The maximum Gasteiger partial charge on any atom is 0.340 e. The van der Waals surface area contributed by atoms with Gasteiger partial charge in [-0.2, -0.15) is 8.78 Å². The van der Waals surface area contributed by atoms with Crippen LogP contribution in [0.3, 0.4) is 0 Å². The molecule has 0 amide bonds. The highest BCUT2D eigenvalue weighted by Crippen LogP contribution is 2.35. The van der Waals surface area contributed by atoms with E-state index in [0.717, 1.165) is 0 Å². The lowest BCUT2D eigenvalue weighted by atomic mass is 10.3. The van der Waals surface area contributed by atoms with E-state index >= 15 is 0 Å². The zero-order valence-corrected chi connectivity index (χ0v) is 13.6.